The number of rotatable bonds is 1. The summed E-state index contributed by atoms with van der Waals surface area (Å²) < 4.78 is 5.00. The van der Waals surface area contributed by atoms with Gasteiger partial charge in [-0.15, -0.1) is 0 Å². The zero-order valence-corrected chi connectivity index (χ0v) is 13.6. The Morgan fingerprint density at radius 2 is 1.79 bits per heavy atom. The van der Waals surface area contributed by atoms with E-state index in [1.54, 1.807) is 34.0 Å². The summed E-state index contributed by atoms with van der Waals surface area (Å²) in [5.74, 6) is 0. The zero-order chi connectivity index (χ0) is 15.5. The Morgan fingerprint density at radius 3 is 2.16 bits per heavy atom. The number of aliphatic imine (C=N–C) groups is 1. The first-order chi connectivity index (χ1) is 8.78. The van der Waals surface area contributed by atoms with E-state index < -0.39 is 17.7 Å². The number of nitrogens with zero attached hydrogens (tertiary/aromatic N) is 1. The molecule has 0 bridgehead atoms. The average Bonchev–Trinajstić information content (AvgIpc) is 2.28. The van der Waals surface area contributed by atoms with Crippen LogP contribution in [0.25, 0.3) is 0 Å². The topological polar surface area (TPSA) is 79.8 Å². The molecule has 2 N–H and O–H groups in total. The van der Waals surface area contributed by atoms with Crippen LogP contribution in [-0.4, -0.2) is 35.7 Å². The maximum atomic E-state index is 11.4. The number of carbonyl (C=O) groups is 2. The van der Waals surface area contributed by atoms with Crippen molar-refractivity contribution in [1.82, 2.24) is 10.6 Å². The molecule has 0 unspecified atom stereocenters. The number of hydrogen-bond donors (Lipinski definition) is 2. The zero-order valence-electron chi connectivity index (χ0n) is 12.8. The van der Waals surface area contributed by atoms with Gasteiger partial charge in [-0.1, -0.05) is 25.6 Å². The molecule has 0 rings (SSSR count). The minimum Gasteiger partial charge on any atom is -0.442 e. The summed E-state index contributed by atoms with van der Waals surface area (Å²) >= 11 is 1.16. The number of urea groups is 1. The summed E-state index contributed by atoms with van der Waals surface area (Å²) in [5.41, 5.74) is -0.601. The van der Waals surface area contributed by atoms with E-state index >= 15 is 0 Å². The van der Waals surface area contributed by atoms with Crippen LogP contribution in [0.15, 0.2) is 4.99 Å². The lowest BCUT2D eigenvalue weighted by Gasteiger charge is -2.17. The van der Waals surface area contributed by atoms with Crippen LogP contribution in [0.5, 0.6) is 0 Å². The van der Waals surface area contributed by atoms with Crippen LogP contribution in [-0.2, 0) is 4.74 Å². The Labute approximate surface area is 119 Å². The van der Waals surface area contributed by atoms with Gasteiger partial charge in [-0.25, -0.2) is 9.59 Å². The molecule has 0 radical (unpaired) electrons. The van der Waals surface area contributed by atoms with Gasteiger partial charge >= 0.3 is 12.1 Å². The molecule has 0 aliphatic heterocycles. The van der Waals surface area contributed by atoms with Crippen LogP contribution in [0.3, 0.4) is 0 Å². The molecule has 0 aromatic carbocycles. The lowest BCUT2D eigenvalue weighted by molar-refractivity contribution is 0.0604. The normalized spacial score (nSPS) is 11.0. The van der Waals surface area contributed by atoms with E-state index in [0.29, 0.717) is 6.54 Å². The maximum absolute atomic E-state index is 11.4. The van der Waals surface area contributed by atoms with Crippen molar-refractivity contribution in [3.63, 3.8) is 0 Å². The fourth-order valence-corrected chi connectivity index (χ4v) is 1.15. The summed E-state index contributed by atoms with van der Waals surface area (Å²) in [4.78, 5) is 26.2. The maximum Gasteiger partial charge on any atom is 0.436 e. The van der Waals surface area contributed by atoms with Crippen molar-refractivity contribution < 1.29 is 14.3 Å². The molecule has 0 saturated heterocycles. The highest BCUT2D eigenvalue weighted by Crippen LogP contribution is 2.08. The smallest absolute Gasteiger partial charge is 0.436 e. The van der Waals surface area contributed by atoms with Gasteiger partial charge in [0.2, 0.25) is 0 Å². The molecule has 6 nitrogen and oxygen atoms in total. The van der Waals surface area contributed by atoms with Crippen molar-refractivity contribution >= 4 is 29.1 Å². The number of ether oxygens (including phenoxy) is 1. The molecule has 0 atom stereocenters. The van der Waals surface area contributed by atoms with Crippen molar-refractivity contribution in [2.75, 3.05) is 12.8 Å². The third-order valence-electron chi connectivity index (χ3n) is 1.34. The van der Waals surface area contributed by atoms with Gasteiger partial charge in [0.05, 0.1) is 0 Å². The average molecular weight is 291 g/mol. The number of nitrogens with one attached hydrogen (secondary N) is 2. The lowest BCUT2D eigenvalue weighted by atomic mass is 10.2. The first kappa shape index (κ1) is 20.1. The molecule has 0 aliphatic rings. The van der Waals surface area contributed by atoms with Crippen LogP contribution < -0.4 is 10.6 Å². The minimum absolute atomic E-state index is 0.199. The summed E-state index contributed by atoms with van der Waals surface area (Å²) in [6, 6.07) is -0.399. The van der Waals surface area contributed by atoms with E-state index in [2.05, 4.69) is 15.6 Å². The minimum atomic E-state index is -0.723. The van der Waals surface area contributed by atoms with Crippen molar-refractivity contribution in [1.29, 1.82) is 0 Å². The number of carbonyl (C=O) groups excluding carboxylic acids is 2. The first-order valence-electron chi connectivity index (χ1n) is 6.19. The van der Waals surface area contributed by atoms with Gasteiger partial charge in [-0.05, 0) is 34.0 Å². The number of thioether (sulfide) groups is 1. The Kier molecular flexibility index (Phi) is 11.3. The van der Waals surface area contributed by atoms with Gasteiger partial charge in [0, 0.05) is 6.54 Å². The molecule has 0 fully saturated rings. The highest BCUT2D eigenvalue weighted by Gasteiger charge is 2.16. The van der Waals surface area contributed by atoms with E-state index in [1.165, 1.54) is 0 Å². The third kappa shape index (κ3) is 13.0. The Hall–Kier alpha value is -1.24. The molecule has 112 valence electrons. The van der Waals surface area contributed by atoms with Gasteiger partial charge in [0.1, 0.15) is 5.60 Å². The summed E-state index contributed by atoms with van der Waals surface area (Å²) in [5, 5.41) is 5.18. The van der Waals surface area contributed by atoms with Crippen LogP contribution >= 0.6 is 11.8 Å². The van der Waals surface area contributed by atoms with E-state index in [9.17, 15) is 9.59 Å². The summed E-state index contributed by atoms with van der Waals surface area (Å²) in [6.07, 6.45) is 0.980. The predicted octanol–water partition coefficient (Wildman–Crippen LogP) is 2.99. The molecular formula is C12H25N3O3S. The largest absolute Gasteiger partial charge is 0.442 e. The Bertz CT molecular complexity index is 312. The van der Waals surface area contributed by atoms with Crippen LogP contribution in [0.2, 0.25) is 0 Å². The molecule has 0 spiro atoms. The lowest BCUT2D eigenvalue weighted by Crippen LogP contribution is -2.38. The third-order valence-corrected chi connectivity index (χ3v) is 1.92. The van der Waals surface area contributed by atoms with Gasteiger partial charge < -0.3 is 10.1 Å². The number of hydrogen-bond acceptors (Lipinski definition) is 4. The molecule has 0 aromatic rings. The standard InChI is InChI=1S/C10H19N3O3S.C2H6/c1-6-11-7(14)12-8(17-5)13-9(15)16-10(2,3)4;1-2/h6H2,1-5H3,(H2,11,12,13,14,15);1-2H3. The van der Waals surface area contributed by atoms with E-state index in [0.717, 1.165) is 11.8 Å². The van der Waals surface area contributed by atoms with Gasteiger partial charge in [0.25, 0.3) is 0 Å². The second-order valence-electron chi connectivity index (χ2n) is 4.09. The summed E-state index contributed by atoms with van der Waals surface area (Å²) in [6.45, 7) is 11.5. The van der Waals surface area contributed by atoms with Crippen LogP contribution in [0.4, 0.5) is 9.59 Å². The number of amidine groups is 1. The molecule has 0 saturated carbocycles. The highest BCUT2D eigenvalue weighted by molar-refractivity contribution is 8.13. The predicted molar refractivity (Wildman–Crippen MR) is 80.7 cm³/mol. The van der Waals surface area contributed by atoms with Crippen molar-refractivity contribution in [3.8, 4) is 0 Å². The van der Waals surface area contributed by atoms with Crippen molar-refractivity contribution in [2.24, 2.45) is 4.99 Å². The van der Waals surface area contributed by atoms with Crippen molar-refractivity contribution in [2.45, 2.75) is 47.1 Å². The van der Waals surface area contributed by atoms with Gasteiger partial charge in [0.15, 0.2) is 5.17 Å². The highest BCUT2D eigenvalue weighted by atomic mass is 32.2. The summed E-state index contributed by atoms with van der Waals surface area (Å²) in [7, 11) is 0. The van der Waals surface area contributed by atoms with Gasteiger partial charge in [-0.3, -0.25) is 5.32 Å². The fraction of sp³-hybridized carbons (Fsp3) is 0.750. The van der Waals surface area contributed by atoms with E-state index in [-0.39, 0.29) is 5.17 Å². The van der Waals surface area contributed by atoms with Crippen molar-refractivity contribution in [3.05, 3.63) is 0 Å². The first-order valence-corrected chi connectivity index (χ1v) is 7.41. The quantitative estimate of drug-likeness (QED) is 0.575. The van der Waals surface area contributed by atoms with Crippen LogP contribution in [0, 0.1) is 0 Å². The molecule has 0 aliphatic carbocycles. The molecule has 7 heteroatoms. The van der Waals surface area contributed by atoms with Gasteiger partial charge in [-0.2, -0.15) is 4.99 Å². The SMILES string of the molecule is CC.CCNC(=O)N/C(=N\C(=O)OC(C)(C)C)SC. The Balaban J connectivity index is 0. The molecule has 3 amide bonds. The second-order valence-corrected chi connectivity index (χ2v) is 4.88. The molecular weight excluding hydrogens is 266 g/mol. The fourth-order valence-electron chi connectivity index (χ4n) is 0.794. The molecule has 19 heavy (non-hydrogen) atoms. The molecule has 0 heterocycles. The molecule has 0 aromatic heterocycles. The van der Waals surface area contributed by atoms with E-state index in [1.807, 2.05) is 13.8 Å². The van der Waals surface area contributed by atoms with E-state index in [4.69, 9.17) is 4.74 Å². The monoisotopic (exact) mass is 291 g/mol. The Morgan fingerprint density at radius 1 is 1.26 bits per heavy atom. The number of amides is 3. The second kappa shape index (κ2) is 10.7. The van der Waals surface area contributed by atoms with Crippen LogP contribution in [0.1, 0.15) is 41.5 Å².